The summed E-state index contributed by atoms with van der Waals surface area (Å²) in [7, 11) is 0. The van der Waals surface area contributed by atoms with Crippen molar-refractivity contribution >= 4 is 28.3 Å². The van der Waals surface area contributed by atoms with Crippen LogP contribution in [0.15, 0.2) is 42.5 Å². The molecule has 2 aromatic rings. The van der Waals surface area contributed by atoms with Gasteiger partial charge in [-0.15, -0.1) is 0 Å². The Kier molecular flexibility index (Phi) is 3.96. The molecule has 4 rings (SSSR count). The van der Waals surface area contributed by atoms with Crippen molar-refractivity contribution in [2.24, 2.45) is 11.3 Å². The molecule has 1 amide bonds. The lowest BCUT2D eigenvalue weighted by atomic mass is 9.81. The van der Waals surface area contributed by atoms with Crippen molar-refractivity contribution in [3.63, 3.8) is 0 Å². The molecule has 5 heteroatoms. The van der Waals surface area contributed by atoms with Gasteiger partial charge in [-0.2, -0.15) is 0 Å². The van der Waals surface area contributed by atoms with Gasteiger partial charge in [0.15, 0.2) is 0 Å². The molecule has 2 atom stereocenters. The van der Waals surface area contributed by atoms with Gasteiger partial charge in [0.1, 0.15) is 0 Å². The largest absolute Gasteiger partial charge is 0.481 e. The number of hydrogen-bond donors (Lipinski definition) is 2. The zero-order chi connectivity index (χ0) is 17.4. The van der Waals surface area contributed by atoms with Crippen molar-refractivity contribution in [3.05, 3.63) is 42.5 Å². The number of anilines is 1. The number of fused-ring (bicyclic) bond motifs is 2. The lowest BCUT2D eigenvalue weighted by molar-refractivity contribution is -0.149. The molecule has 25 heavy (non-hydrogen) atoms. The monoisotopic (exact) mass is 338 g/mol. The SMILES string of the molecule is O=C(CN1C[C@@H]2CCC[C@@]2(C(=O)O)C1)Nc1cccc2ccccc12. The van der Waals surface area contributed by atoms with Gasteiger partial charge in [0.2, 0.25) is 5.91 Å². The van der Waals surface area contributed by atoms with Gasteiger partial charge in [-0.05, 0) is 30.2 Å². The van der Waals surface area contributed by atoms with Crippen LogP contribution in [0.25, 0.3) is 10.8 Å². The van der Waals surface area contributed by atoms with E-state index < -0.39 is 11.4 Å². The molecule has 1 saturated carbocycles. The molecule has 0 bridgehead atoms. The molecule has 0 aromatic heterocycles. The topological polar surface area (TPSA) is 69.6 Å². The third-order valence-electron chi connectivity index (χ3n) is 5.80. The minimum atomic E-state index is -0.702. The quantitative estimate of drug-likeness (QED) is 0.899. The number of carboxylic acid groups (broad SMARTS) is 1. The standard InChI is InChI=1S/C20H22N2O3/c23-18(21-17-9-3-6-14-5-1-2-8-16(14)17)12-22-11-15-7-4-10-20(15,13-22)19(24)25/h1-3,5-6,8-9,15H,4,7,10-13H2,(H,21,23)(H,24,25)/t15-,20+/m0/s1. The van der Waals surface area contributed by atoms with Crippen LogP contribution in [0.4, 0.5) is 5.69 Å². The summed E-state index contributed by atoms with van der Waals surface area (Å²) in [5.74, 6) is -0.612. The molecule has 130 valence electrons. The molecule has 0 unspecified atom stereocenters. The molecule has 1 aliphatic carbocycles. The molecule has 2 aliphatic rings. The van der Waals surface area contributed by atoms with E-state index in [1.165, 1.54) is 0 Å². The van der Waals surface area contributed by atoms with Crippen molar-refractivity contribution < 1.29 is 14.7 Å². The van der Waals surface area contributed by atoms with Gasteiger partial charge in [0.25, 0.3) is 0 Å². The van der Waals surface area contributed by atoms with E-state index in [9.17, 15) is 14.7 Å². The van der Waals surface area contributed by atoms with Crippen LogP contribution in [0.1, 0.15) is 19.3 Å². The van der Waals surface area contributed by atoms with E-state index in [-0.39, 0.29) is 18.4 Å². The van der Waals surface area contributed by atoms with E-state index >= 15 is 0 Å². The van der Waals surface area contributed by atoms with Crippen LogP contribution >= 0.6 is 0 Å². The average molecular weight is 338 g/mol. The first-order valence-electron chi connectivity index (χ1n) is 8.82. The highest BCUT2D eigenvalue weighted by atomic mass is 16.4. The smallest absolute Gasteiger partial charge is 0.311 e. The highest BCUT2D eigenvalue weighted by molar-refractivity contribution is 6.02. The minimum Gasteiger partial charge on any atom is -0.481 e. The normalized spacial score (nSPS) is 25.8. The molecular formula is C20H22N2O3. The maximum atomic E-state index is 12.5. The summed E-state index contributed by atoms with van der Waals surface area (Å²) in [6, 6.07) is 13.8. The van der Waals surface area contributed by atoms with Gasteiger partial charge in [-0.25, -0.2) is 0 Å². The number of benzene rings is 2. The fourth-order valence-corrected chi connectivity index (χ4v) is 4.59. The summed E-state index contributed by atoms with van der Waals surface area (Å²) >= 11 is 0. The predicted molar refractivity (Wildman–Crippen MR) is 96.4 cm³/mol. The zero-order valence-electron chi connectivity index (χ0n) is 14.1. The second-order valence-electron chi connectivity index (χ2n) is 7.29. The number of nitrogens with zero attached hydrogens (tertiary/aromatic N) is 1. The Bertz CT molecular complexity index is 829. The summed E-state index contributed by atoms with van der Waals surface area (Å²) in [6.45, 7) is 1.43. The van der Waals surface area contributed by atoms with Crippen LogP contribution in [0.2, 0.25) is 0 Å². The predicted octanol–water partition coefficient (Wildman–Crippen LogP) is 2.97. The summed E-state index contributed by atoms with van der Waals surface area (Å²) in [4.78, 5) is 26.3. The Morgan fingerprint density at radius 1 is 1.20 bits per heavy atom. The van der Waals surface area contributed by atoms with Gasteiger partial charge < -0.3 is 10.4 Å². The number of carbonyl (C=O) groups is 2. The molecule has 0 radical (unpaired) electrons. The maximum absolute atomic E-state index is 12.5. The first-order chi connectivity index (χ1) is 12.1. The zero-order valence-corrected chi connectivity index (χ0v) is 14.1. The van der Waals surface area contributed by atoms with E-state index in [0.29, 0.717) is 13.1 Å². The van der Waals surface area contributed by atoms with Crippen molar-refractivity contribution in [3.8, 4) is 0 Å². The van der Waals surface area contributed by atoms with Crippen molar-refractivity contribution in [1.29, 1.82) is 0 Å². The first-order valence-corrected chi connectivity index (χ1v) is 8.82. The molecule has 5 nitrogen and oxygen atoms in total. The number of nitrogens with one attached hydrogen (secondary N) is 1. The van der Waals surface area contributed by atoms with E-state index in [1.54, 1.807) is 0 Å². The van der Waals surface area contributed by atoms with E-state index in [0.717, 1.165) is 35.7 Å². The fraction of sp³-hybridized carbons (Fsp3) is 0.400. The molecule has 0 spiro atoms. The van der Waals surface area contributed by atoms with E-state index in [4.69, 9.17) is 0 Å². The van der Waals surface area contributed by atoms with Crippen LogP contribution in [-0.2, 0) is 9.59 Å². The van der Waals surface area contributed by atoms with E-state index in [1.807, 2.05) is 47.4 Å². The number of aliphatic carboxylic acids is 1. The highest BCUT2D eigenvalue weighted by Gasteiger charge is 2.54. The second kappa shape index (κ2) is 6.15. The fourth-order valence-electron chi connectivity index (χ4n) is 4.59. The van der Waals surface area contributed by atoms with Gasteiger partial charge in [-0.1, -0.05) is 42.8 Å². The van der Waals surface area contributed by atoms with Crippen LogP contribution in [0.3, 0.4) is 0 Å². The Morgan fingerprint density at radius 3 is 2.80 bits per heavy atom. The Hall–Kier alpha value is -2.40. The second-order valence-corrected chi connectivity index (χ2v) is 7.29. The van der Waals surface area contributed by atoms with Gasteiger partial charge >= 0.3 is 5.97 Å². The Balaban J connectivity index is 1.46. The minimum absolute atomic E-state index is 0.0862. The van der Waals surface area contributed by atoms with Crippen molar-refractivity contribution in [2.75, 3.05) is 25.0 Å². The molecule has 2 N–H and O–H groups in total. The van der Waals surface area contributed by atoms with Crippen LogP contribution in [0, 0.1) is 11.3 Å². The van der Waals surface area contributed by atoms with Gasteiger partial charge in [-0.3, -0.25) is 14.5 Å². The lowest BCUT2D eigenvalue weighted by Gasteiger charge is -2.23. The number of hydrogen-bond acceptors (Lipinski definition) is 3. The average Bonchev–Trinajstić information content (AvgIpc) is 3.13. The first kappa shape index (κ1) is 16.1. The summed E-state index contributed by atoms with van der Waals surface area (Å²) < 4.78 is 0. The third-order valence-corrected chi connectivity index (χ3v) is 5.80. The summed E-state index contributed by atoms with van der Waals surface area (Å²) in [6.07, 6.45) is 2.66. The molecule has 1 heterocycles. The Morgan fingerprint density at radius 2 is 2.00 bits per heavy atom. The number of carbonyl (C=O) groups excluding carboxylic acids is 1. The molecule has 2 aromatic carbocycles. The Labute approximate surface area is 146 Å². The molecular weight excluding hydrogens is 316 g/mol. The summed E-state index contributed by atoms with van der Waals surface area (Å²) in [5.41, 5.74) is 0.162. The van der Waals surface area contributed by atoms with Crippen molar-refractivity contribution in [1.82, 2.24) is 4.90 Å². The number of amides is 1. The number of likely N-dealkylation sites (tertiary alicyclic amines) is 1. The number of carboxylic acids is 1. The van der Waals surface area contributed by atoms with E-state index in [2.05, 4.69) is 5.32 Å². The van der Waals surface area contributed by atoms with Gasteiger partial charge in [0.05, 0.1) is 12.0 Å². The van der Waals surface area contributed by atoms with Gasteiger partial charge in [0, 0.05) is 24.2 Å². The lowest BCUT2D eigenvalue weighted by Crippen LogP contribution is -2.37. The van der Waals surface area contributed by atoms with Crippen molar-refractivity contribution in [2.45, 2.75) is 19.3 Å². The molecule has 1 aliphatic heterocycles. The van der Waals surface area contributed by atoms with Crippen LogP contribution in [-0.4, -0.2) is 41.5 Å². The number of rotatable bonds is 4. The highest BCUT2D eigenvalue weighted by Crippen LogP contribution is 2.48. The maximum Gasteiger partial charge on any atom is 0.311 e. The molecule has 1 saturated heterocycles. The third kappa shape index (κ3) is 2.78. The molecule has 2 fully saturated rings. The van der Waals surface area contributed by atoms with Crippen LogP contribution < -0.4 is 5.32 Å². The van der Waals surface area contributed by atoms with Crippen LogP contribution in [0.5, 0.6) is 0 Å². The summed E-state index contributed by atoms with van der Waals surface area (Å²) in [5, 5.41) is 14.7.